The van der Waals surface area contributed by atoms with E-state index >= 15 is 0 Å². The SMILES string of the molecule is OC(CCn1ccnc1)c1ccc(Sc2ccc(Cl)cc2)cc1. The first-order valence-corrected chi connectivity index (χ1v) is 8.57. The average molecular weight is 345 g/mol. The van der Waals surface area contributed by atoms with E-state index in [0.717, 1.165) is 26.9 Å². The summed E-state index contributed by atoms with van der Waals surface area (Å²) in [5.74, 6) is 0. The summed E-state index contributed by atoms with van der Waals surface area (Å²) < 4.78 is 1.97. The largest absolute Gasteiger partial charge is 0.388 e. The first kappa shape index (κ1) is 16.1. The Morgan fingerprint density at radius 1 is 1.04 bits per heavy atom. The maximum Gasteiger partial charge on any atom is 0.0945 e. The lowest BCUT2D eigenvalue weighted by Crippen LogP contribution is -2.03. The van der Waals surface area contributed by atoms with Crippen LogP contribution >= 0.6 is 23.4 Å². The number of nitrogens with zero attached hydrogens (tertiary/aromatic N) is 2. The lowest BCUT2D eigenvalue weighted by atomic mass is 10.1. The Morgan fingerprint density at radius 3 is 2.30 bits per heavy atom. The molecule has 118 valence electrons. The highest BCUT2D eigenvalue weighted by atomic mass is 35.5. The van der Waals surface area contributed by atoms with Gasteiger partial charge in [-0.25, -0.2) is 4.98 Å². The van der Waals surface area contributed by atoms with E-state index < -0.39 is 6.10 Å². The molecule has 3 nitrogen and oxygen atoms in total. The number of aliphatic hydroxyl groups is 1. The van der Waals surface area contributed by atoms with E-state index in [1.54, 1.807) is 24.3 Å². The maximum absolute atomic E-state index is 10.3. The Balaban J connectivity index is 1.58. The predicted octanol–water partition coefficient (Wildman–Crippen LogP) is 4.81. The lowest BCUT2D eigenvalue weighted by molar-refractivity contribution is 0.161. The first-order valence-electron chi connectivity index (χ1n) is 7.38. The third-order valence-electron chi connectivity index (χ3n) is 3.53. The number of aromatic nitrogens is 2. The van der Waals surface area contributed by atoms with E-state index in [1.165, 1.54) is 0 Å². The number of benzene rings is 2. The van der Waals surface area contributed by atoms with Crippen LogP contribution in [-0.4, -0.2) is 14.7 Å². The number of halogens is 1. The zero-order valence-electron chi connectivity index (χ0n) is 12.5. The topological polar surface area (TPSA) is 38.0 Å². The molecule has 3 aromatic rings. The smallest absolute Gasteiger partial charge is 0.0945 e. The van der Waals surface area contributed by atoms with Crippen LogP contribution in [0.1, 0.15) is 18.1 Å². The summed E-state index contributed by atoms with van der Waals surface area (Å²) in [6, 6.07) is 15.8. The number of rotatable bonds is 6. The number of aryl methyl sites for hydroxylation is 1. The minimum absolute atomic E-state index is 0.466. The van der Waals surface area contributed by atoms with E-state index in [9.17, 15) is 5.11 Å². The van der Waals surface area contributed by atoms with Gasteiger partial charge in [-0.15, -0.1) is 0 Å². The van der Waals surface area contributed by atoms with Crippen LogP contribution in [0.4, 0.5) is 0 Å². The molecule has 23 heavy (non-hydrogen) atoms. The van der Waals surface area contributed by atoms with Gasteiger partial charge in [0.05, 0.1) is 12.4 Å². The molecule has 1 N–H and O–H groups in total. The first-order chi connectivity index (χ1) is 11.2. The van der Waals surface area contributed by atoms with Crippen LogP contribution in [0.3, 0.4) is 0 Å². The van der Waals surface area contributed by atoms with Crippen molar-refractivity contribution in [1.29, 1.82) is 0 Å². The molecule has 2 aromatic carbocycles. The molecule has 1 heterocycles. The number of imidazole rings is 1. The highest BCUT2D eigenvalue weighted by Gasteiger charge is 2.08. The van der Waals surface area contributed by atoms with Gasteiger partial charge in [0.1, 0.15) is 0 Å². The second-order valence-corrected chi connectivity index (χ2v) is 6.81. The minimum Gasteiger partial charge on any atom is -0.388 e. The van der Waals surface area contributed by atoms with Crippen LogP contribution in [0.5, 0.6) is 0 Å². The molecule has 1 unspecified atom stereocenters. The van der Waals surface area contributed by atoms with Crippen molar-refractivity contribution in [3.63, 3.8) is 0 Å². The molecule has 0 bridgehead atoms. The summed E-state index contributed by atoms with van der Waals surface area (Å²) in [5.41, 5.74) is 0.936. The standard InChI is InChI=1S/C18H17ClN2OS/c19-15-3-7-17(8-4-15)23-16-5-1-14(2-6-16)18(22)9-11-21-12-10-20-13-21/h1-8,10,12-13,18,22H,9,11H2. The van der Waals surface area contributed by atoms with Gasteiger partial charge in [0.15, 0.2) is 0 Å². The number of hydrogen-bond donors (Lipinski definition) is 1. The fourth-order valence-corrected chi connectivity index (χ4v) is 3.20. The second-order valence-electron chi connectivity index (χ2n) is 5.23. The van der Waals surface area contributed by atoms with Gasteiger partial charge in [-0.1, -0.05) is 35.5 Å². The Labute approximate surface area is 144 Å². The number of aliphatic hydroxyl groups excluding tert-OH is 1. The Morgan fingerprint density at radius 2 is 1.70 bits per heavy atom. The molecule has 0 aliphatic rings. The van der Waals surface area contributed by atoms with Crippen molar-refractivity contribution >= 4 is 23.4 Å². The van der Waals surface area contributed by atoms with Gasteiger partial charge < -0.3 is 9.67 Å². The van der Waals surface area contributed by atoms with Crippen molar-refractivity contribution < 1.29 is 5.11 Å². The van der Waals surface area contributed by atoms with Gasteiger partial charge in [0.25, 0.3) is 0 Å². The zero-order valence-corrected chi connectivity index (χ0v) is 14.0. The molecule has 0 saturated heterocycles. The molecule has 0 amide bonds. The predicted molar refractivity (Wildman–Crippen MR) is 93.8 cm³/mol. The van der Waals surface area contributed by atoms with E-state index in [0.29, 0.717) is 6.42 Å². The molecule has 1 atom stereocenters. The van der Waals surface area contributed by atoms with E-state index in [2.05, 4.69) is 4.98 Å². The van der Waals surface area contributed by atoms with Crippen LogP contribution in [0.2, 0.25) is 5.02 Å². The Kier molecular flexibility index (Phi) is 5.39. The lowest BCUT2D eigenvalue weighted by Gasteiger charge is -2.12. The minimum atomic E-state index is -0.466. The maximum atomic E-state index is 10.3. The fraction of sp³-hybridized carbons (Fsp3) is 0.167. The summed E-state index contributed by atoms with van der Waals surface area (Å²) in [5, 5.41) is 11.0. The number of hydrogen-bond acceptors (Lipinski definition) is 3. The van der Waals surface area contributed by atoms with Crippen molar-refractivity contribution in [3.8, 4) is 0 Å². The molecule has 0 aliphatic carbocycles. The Bertz CT molecular complexity index is 727. The summed E-state index contributed by atoms with van der Waals surface area (Å²) in [7, 11) is 0. The van der Waals surface area contributed by atoms with Crippen molar-refractivity contribution in [2.75, 3.05) is 0 Å². The molecule has 5 heteroatoms. The second kappa shape index (κ2) is 7.68. The molecule has 0 radical (unpaired) electrons. The van der Waals surface area contributed by atoms with Crippen LogP contribution in [0, 0.1) is 0 Å². The zero-order chi connectivity index (χ0) is 16.1. The third-order valence-corrected chi connectivity index (χ3v) is 4.80. The van der Waals surface area contributed by atoms with Gasteiger partial charge in [0.2, 0.25) is 0 Å². The van der Waals surface area contributed by atoms with Crippen LogP contribution in [0.15, 0.2) is 77.0 Å². The van der Waals surface area contributed by atoms with Crippen molar-refractivity contribution in [2.24, 2.45) is 0 Å². The van der Waals surface area contributed by atoms with Crippen molar-refractivity contribution in [2.45, 2.75) is 28.9 Å². The molecular weight excluding hydrogens is 328 g/mol. The molecule has 3 rings (SSSR count). The highest BCUT2D eigenvalue weighted by molar-refractivity contribution is 7.99. The summed E-state index contributed by atoms with van der Waals surface area (Å²) >= 11 is 7.57. The van der Waals surface area contributed by atoms with E-state index in [4.69, 9.17) is 11.6 Å². The van der Waals surface area contributed by atoms with Gasteiger partial charge in [-0.2, -0.15) is 0 Å². The monoisotopic (exact) mass is 344 g/mol. The van der Waals surface area contributed by atoms with Gasteiger partial charge in [-0.3, -0.25) is 0 Å². The van der Waals surface area contributed by atoms with E-state index in [1.807, 2.05) is 59.3 Å². The van der Waals surface area contributed by atoms with Gasteiger partial charge in [0, 0.05) is 33.8 Å². The van der Waals surface area contributed by atoms with Crippen molar-refractivity contribution in [3.05, 3.63) is 77.8 Å². The molecule has 0 spiro atoms. The fourth-order valence-electron chi connectivity index (χ4n) is 2.25. The van der Waals surface area contributed by atoms with Crippen LogP contribution in [-0.2, 0) is 6.54 Å². The highest BCUT2D eigenvalue weighted by Crippen LogP contribution is 2.29. The van der Waals surface area contributed by atoms with E-state index in [-0.39, 0.29) is 0 Å². The van der Waals surface area contributed by atoms with Crippen LogP contribution < -0.4 is 0 Å². The van der Waals surface area contributed by atoms with Gasteiger partial charge in [-0.05, 0) is 48.4 Å². The Hall–Kier alpha value is -1.75. The van der Waals surface area contributed by atoms with Crippen molar-refractivity contribution in [1.82, 2.24) is 9.55 Å². The average Bonchev–Trinajstić information content (AvgIpc) is 3.09. The molecular formula is C18H17ClN2OS. The molecule has 0 aliphatic heterocycles. The summed E-state index contributed by atoms with van der Waals surface area (Å²) in [4.78, 5) is 6.28. The molecule has 0 saturated carbocycles. The normalized spacial score (nSPS) is 12.3. The van der Waals surface area contributed by atoms with Gasteiger partial charge >= 0.3 is 0 Å². The third kappa shape index (κ3) is 4.61. The summed E-state index contributed by atoms with van der Waals surface area (Å²) in [6.45, 7) is 0.752. The summed E-state index contributed by atoms with van der Waals surface area (Å²) in [6.07, 6.45) is 5.61. The quantitative estimate of drug-likeness (QED) is 0.697. The molecule has 1 aromatic heterocycles. The molecule has 0 fully saturated rings. The van der Waals surface area contributed by atoms with Crippen LogP contribution in [0.25, 0.3) is 0 Å².